The molecule has 1 N–H and O–H groups in total. The third-order valence-electron chi connectivity index (χ3n) is 2.70. The third kappa shape index (κ3) is 4.37. The van der Waals surface area contributed by atoms with Gasteiger partial charge in [-0.15, -0.1) is 0 Å². The number of hydrogen-bond donors (Lipinski definition) is 1. The van der Waals surface area contributed by atoms with Gasteiger partial charge in [0.1, 0.15) is 0 Å². The van der Waals surface area contributed by atoms with Gasteiger partial charge >= 0.3 is 0 Å². The quantitative estimate of drug-likeness (QED) is 0.879. The summed E-state index contributed by atoms with van der Waals surface area (Å²) in [5.41, 5.74) is 0.891. The molecule has 0 saturated carbocycles. The number of anilines is 1. The van der Waals surface area contributed by atoms with Crippen LogP contribution < -0.4 is 10.1 Å². The predicted molar refractivity (Wildman–Crippen MR) is 76.5 cm³/mol. The van der Waals surface area contributed by atoms with Crippen LogP contribution in [-0.4, -0.2) is 16.1 Å². The second-order valence-corrected chi connectivity index (χ2v) is 4.77. The Morgan fingerprint density at radius 3 is 2.38 bits per heavy atom. The first-order valence-electron chi connectivity index (χ1n) is 6.65. The lowest BCUT2D eigenvalue weighted by molar-refractivity contribution is 0.151. The Kier molecular flexibility index (Phi) is 5.03. The first-order chi connectivity index (χ1) is 10.1. The van der Waals surface area contributed by atoms with Gasteiger partial charge in [-0.25, -0.2) is 18.7 Å². The van der Waals surface area contributed by atoms with Crippen molar-refractivity contribution in [3.63, 3.8) is 0 Å². The summed E-state index contributed by atoms with van der Waals surface area (Å²) in [6.07, 6.45) is 0.668. The van der Waals surface area contributed by atoms with Gasteiger partial charge in [0, 0.05) is 24.5 Å². The van der Waals surface area contributed by atoms with Gasteiger partial charge in [0.25, 0.3) is 12.3 Å². The molecule has 0 radical (unpaired) electrons. The molecule has 112 valence electrons. The SMILES string of the molecule is CC(C)Oc1nccnc1NCc1ccc(C(F)F)cc1. The van der Waals surface area contributed by atoms with Crippen molar-refractivity contribution in [2.45, 2.75) is 32.9 Å². The maximum Gasteiger partial charge on any atom is 0.263 e. The van der Waals surface area contributed by atoms with Crippen molar-refractivity contribution < 1.29 is 13.5 Å². The van der Waals surface area contributed by atoms with E-state index in [9.17, 15) is 8.78 Å². The van der Waals surface area contributed by atoms with E-state index >= 15 is 0 Å². The van der Waals surface area contributed by atoms with Gasteiger partial charge in [0.15, 0.2) is 5.82 Å². The topological polar surface area (TPSA) is 47.0 Å². The zero-order valence-corrected chi connectivity index (χ0v) is 11.9. The number of hydrogen-bond acceptors (Lipinski definition) is 4. The summed E-state index contributed by atoms with van der Waals surface area (Å²) in [6.45, 7) is 4.26. The van der Waals surface area contributed by atoms with Crippen molar-refractivity contribution in [3.05, 3.63) is 47.8 Å². The number of benzene rings is 1. The molecule has 1 aromatic carbocycles. The predicted octanol–water partition coefficient (Wildman–Crippen LogP) is 3.81. The standard InChI is InChI=1S/C15H17F2N3O/c1-10(2)21-15-14(18-7-8-19-15)20-9-11-3-5-12(6-4-11)13(16)17/h3-8,10,13H,9H2,1-2H3,(H,18,20). The summed E-state index contributed by atoms with van der Waals surface area (Å²) in [5, 5.41) is 3.10. The Balaban J connectivity index is 2.02. The molecule has 0 fully saturated rings. The molecule has 1 heterocycles. The monoisotopic (exact) mass is 293 g/mol. The number of alkyl halides is 2. The minimum Gasteiger partial charge on any atom is -0.472 e. The molecule has 2 aromatic rings. The van der Waals surface area contributed by atoms with E-state index in [2.05, 4.69) is 15.3 Å². The highest BCUT2D eigenvalue weighted by Crippen LogP contribution is 2.21. The van der Waals surface area contributed by atoms with Crippen LogP contribution in [0, 0.1) is 0 Å². The second kappa shape index (κ2) is 6.97. The maximum absolute atomic E-state index is 12.5. The van der Waals surface area contributed by atoms with Gasteiger partial charge in [-0.1, -0.05) is 24.3 Å². The highest BCUT2D eigenvalue weighted by molar-refractivity contribution is 5.45. The second-order valence-electron chi connectivity index (χ2n) is 4.77. The van der Waals surface area contributed by atoms with Crippen LogP contribution in [-0.2, 0) is 6.54 Å². The van der Waals surface area contributed by atoms with Gasteiger partial charge in [-0.3, -0.25) is 0 Å². The van der Waals surface area contributed by atoms with Crippen molar-refractivity contribution in [2.75, 3.05) is 5.32 Å². The number of nitrogens with one attached hydrogen (secondary N) is 1. The summed E-state index contributed by atoms with van der Waals surface area (Å²) in [7, 11) is 0. The lowest BCUT2D eigenvalue weighted by atomic mass is 10.1. The minimum atomic E-state index is -2.45. The molecule has 0 atom stereocenters. The van der Waals surface area contributed by atoms with Crippen LogP contribution in [0.2, 0.25) is 0 Å². The Morgan fingerprint density at radius 2 is 1.76 bits per heavy atom. The molecule has 0 aliphatic carbocycles. The largest absolute Gasteiger partial charge is 0.472 e. The molecular formula is C15H17F2N3O. The molecule has 0 aliphatic rings. The van der Waals surface area contributed by atoms with E-state index in [-0.39, 0.29) is 11.7 Å². The Labute approximate surface area is 122 Å². The highest BCUT2D eigenvalue weighted by Gasteiger charge is 2.09. The van der Waals surface area contributed by atoms with E-state index in [4.69, 9.17) is 4.74 Å². The van der Waals surface area contributed by atoms with Crippen molar-refractivity contribution >= 4 is 5.82 Å². The number of ether oxygens (including phenoxy) is 1. The molecule has 1 aromatic heterocycles. The van der Waals surface area contributed by atoms with Crippen LogP contribution in [0.4, 0.5) is 14.6 Å². The molecule has 6 heteroatoms. The van der Waals surface area contributed by atoms with Gasteiger partial charge in [-0.05, 0) is 19.4 Å². The van der Waals surface area contributed by atoms with E-state index in [1.807, 2.05) is 13.8 Å². The molecule has 2 rings (SSSR count). The molecule has 21 heavy (non-hydrogen) atoms. The summed E-state index contributed by atoms with van der Waals surface area (Å²) in [5.74, 6) is 0.959. The summed E-state index contributed by atoms with van der Waals surface area (Å²) >= 11 is 0. The van der Waals surface area contributed by atoms with Crippen molar-refractivity contribution in [2.24, 2.45) is 0 Å². The fourth-order valence-corrected chi connectivity index (χ4v) is 1.72. The van der Waals surface area contributed by atoms with Crippen LogP contribution in [0.5, 0.6) is 5.88 Å². The maximum atomic E-state index is 12.5. The smallest absolute Gasteiger partial charge is 0.263 e. The van der Waals surface area contributed by atoms with Crippen LogP contribution in [0.25, 0.3) is 0 Å². The van der Waals surface area contributed by atoms with Gasteiger partial charge < -0.3 is 10.1 Å². The molecule has 0 unspecified atom stereocenters. The van der Waals surface area contributed by atoms with Crippen LogP contribution in [0.15, 0.2) is 36.7 Å². The fourth-order valence-electron chi connectivity index (χ4n) is 1.72. The molecular weight excluding hydrogens is 276 g/mol. The number of nitrogens with zero attached hydrogens (tertiary/aromatic N) is 2. The minimum absolute atomic E-state index is 0.00687. The molecule has 0 aliphatic heterocycles. The Bertz CT molecular complexity index is 573. The summed E-state index contributed by atoms with van der Waals surface area (Å²) in [6, 6.07) is 6.16. The zero-order valence-electron chi connectivity index (χ0n) is 11.9. The normalized spacial score (nSPS) is 11.0. The average molecular weight is 293 g/mol. The van der Waals surface area contributed by atoms with Crippen molar-refractivity contribution in [1.82, 2.24) is 9.97 Å². The molecule has 0 amide bonds. The molecule has 0 saturated heterocycles. The third-order valence-corrected chi connectivity index (χ3v) is 2.70. The van der Waals surface area contributed by atoms with Crippen molar-refractivity contribution in [1.29, 1.82) is 0 Å². The van der Waals surface area contributed by atoms with E-state index in [1.54, 1.807) is 24.5 Å². The molecule has 0 spiro atoms. The van der Waals surface area contributed by atoms with E-state index < -0.39 is 6.43 Å². The van der Waals surface area contributed by atoms with Gasteiger partial charge in [-0.2, -0.15) is 0 Å². The summed E-state index contributed by atoms with van der Waals surface area (Å²) < 4.78 is 30.5. The van der Waals surface area contributed by atoms with Gasteiger partial charge in [0.05, 0.1) is 6.10 Å². The lowest BCUT2D eigenvalue weighted by Crippen LogP contribution is -2.11. The van der Waals surface area contributed by atoms with E-state index in [0.717, 1.165) is 5.56 Å². The van der Waals surface area contributed by atoms with E-state index in [1.165, 1.54) is 12.1 Å². The van der Waals surface area contributed by atoms with Crippen molar-refractivity contribution in [3.8, 4) is 5.88 Å². The average Bonchev–Trinajstić information content (AvgIpc) is 2.46. The summed E-state index contributed by atoms with van der Waals surface area (Å²) in [4.78, 5) is 8.30. The Morgan fingerprint density at radius 1 is 1.10 bits per heavy atom. The highest BCUT2D eigenvalue weighted by atomic mass is 19.3. The molecule has 4 nitrogen and oxygen atoms in total. The first-order valence-corrected chi connectivity index (χ1v) is 6.65. The number of aromatic nitrogens is 2. The number of halogens is 2. The fraction of sp³-hybridized carbons (Fsp3) is 0.333. The van der Waals surface area contributed by atoms with Crippen LogP contribution in [0.3, 0.4) is 0 Å². The van der Waals surface area contributed by atoms with Crippen LogP contribution >= 0.6 is 0 Å². The van der Waals surface area contributed by atoms with Crippen LogP contribution in [0.1, 0.15) is 31.4 Å². The lowest BCUT2D eigenvalue weighted by Gasteiger charge is -2.13. The number of rotatable bonds is 6. The first kappa shape index (κ1) is 15.2. The Hall–Kier alpha value is -2.24. The zero-order chi connectivity index (χ0) is 15.2. The molecule has 0 bridgehead atoms. The van der Waals surface area contributed by atoms with E-state index in [0.29, 0.717) is 18.2 Å². The van der Waals surface area contributed by atoms with Gasteiger partial charge in [0.2, 0.25) is 0 Å².